The molecule has 0 aromatic carbocycles. The fraction of sp³-hybridized carbons (Fsp3) is 0.875. The minimum atomic E-state index is 1.07. The summed E-state index contributed by atoms with van der Waals surface area (Å²) in [7, 11) is 0. The molecular formula is C8H17N3. The molecule has 0 atom stereocenters. The zero-order valence-corrected chi connectivity index (χ0v) is 7.21. The molecule has 0 amide bonds. The Balaban J connectivity index is 2.24. The molecule has 1 aliphatic rings. The molecule has 1 fully saturated rings. The van der Waals surface area contributed by atoms with Crippen LogP contribution >= 0.6 is 0 Å². The Kier molecular flexibility index (Phi) is 3.36. The lowest BCUT2D eigenvalue weighted by molar-refractivity contribution is 0.275. The fourth-order valence-corrected chi connectivity index (χ4v) is 1.48. The molecule has 3 heteroatoms. The molecule has 0 spiro atoms. The van der Waals surface area contributed by atoms with Gasteiger partial charge in [-0.3, -0.25) is 0 Å². The summed E-state index contributed by atoms with van der Waals surface area (Å²) >= 11 is 0. The molecule has 64 valence electrons. The maximum atomic E-state index is 5.19. The third-order valence-corrected chi connectivity index (χ3v) is 2.16. The average Bonchev–Trinajstić information content (AvgIpc) is 2.07. The molecule has 0 aliphatic carbocycles. The standard InChI is InChI=1S/C8H17N3/c1-2-5-11-6-3-8(10-9)4-7-11/h2-7,9H2,1H3. The van der Waals surface area contributed by atoms with Crippen molar-refractivity contribution < 1.29 is 0 Å². The lowest BCUT2D eigenvalue weighted by Gasteiger charge is -2.26. The minimum Gasteiger partial charge on any atom is -0.323 e. The Morgan fingerprint density at radius 2 is 2.09 bits per heavy atom. The van der Waals surface area contributed by atoms with Crippen molar-refractivity contribution in [3.63, 3.8) is 0 Å². The van der Waals surface area contributed by atoms with E-state index in [0.29, 0.717) is 0 Å². The third kappa shape index (κ3) is 2.50. The van der Waals surface area contributed by atoms with Crippen molar-refractivity contribution in [2.45, 2.75) is 26.2 Å². The lowest BCUT2D eigenvalue weighted by Crippen LogP contribution is -2.34. The van der Waals surface area contributed by atoms with Crippen molar-refractivity contribution in [3.05, 3.63) is 0 Å². The molecule has 0 radical (unpaired) electrons. The second-order valence-electron chi connectivity index (χ2n) is 3.04. The van der Waals surface area contributed by atoms with Gasteiger partial charge in [-0.05, 0) is 13.0 Å². The number of piperidine rings is 1. The average molecular weight is 155 g/mol. The van der Waals surface area contributed by atoms with E-state index in [4.69, 9.17) is 5.84 Å². The summed E-state index contributed by atoms with van der Waals surface area (Å²) in [6.07, 6.45) is 3.38. The van der Waals surface area contributed by atoms with Crippen LogP contribution in [0.25, 0.3) is 0 Å². The molecule has 2 N–H and O–H groups in total. The zero-order chi connectivity index (χ0) is 8.10. The van der Waals surface area contributed by atoms with Crippen molar-refractivity contribution in [1.82, 2.24) is 4.90 Å². The molecule has 3 nitrogen and oxygen atoms in total. The second kappa shape index (κ2) is 4.34. The maximum absolute atomic E-state index is 5.19. The Bertz CT molecular complexity index is 132. The van der Waals surface area contributed by atoms with Gasteiger partial charge in [-0.25, -0.2) is 0 Å². The van der Waals surface area contributed by atoms with Crippen LogP contribution in [0.3, 0.4) is 0 Å². The molecule has 0 bridgehead atoms. The van der Waals surface area contributed by atoms with Gasteiger partial charge in [0.05, 0.1) is 0 Å². The number of likely N-dealkylation sites (tertiary alicyclic amines) is 1. The van der Waals surface area contributed by atoms with Crippen molar-refractivity contribution in [2.75, 3.05) is 19.6 Å². The summed E-state index contributed by atoms with van der Waals surface area (Å²) in [6, 6.07) is 0. The summed E-state index contributed by atoms with van der Waals surface area (Å²) in [5.74, 6) is 5.19. The van der Waals surface area contributed by atoms with Gasteiger partial charge < -0.3 is 10.7 Å². The van der Waals surface area contributed by atoms with E-state index in [1.807, 2.05) is 0 Å². The molecule has 0 unspecified atom stereocenters. The number of hydrazone groups is 1. The minimum absolute atomic E-state index is 1.07. The molecule has 1 saturated heterocycles. The first-order chi connectivity index (χ1) is 5.36. The van der Waals surface area contributed by atoms with E-state index in [9.17, 15) is 0 Å². The van der Waals surface area contributed by atoms with E-state index in [1.165, 1.54) is 18.7 Å². The Hall–Kier alpha value is -0.570. The van der Waals surface area contributed by atoms with Crippen LogP contribution in [0.5, 0.6) is 0 Å². The van der Waals surface area contributed by atoms with Crippen LogP contribution in [0.1, 0.15) is 26.2 Å². The molecule has 0 aromatic rings. The smallest absolute Gasteiger partial charge is 0.0401 e. The van der Waals surface area contributed by atoms with Gasteiger partial charge in [0.25, 0.3) is 0 Å². The van der Waals surface area contributed by atoms with Crippen molar-refractivity contribution in [1.29, 1.82) is 0 Å². The number of hydrogen-bond acceptors (Lipinski definition) is 3. The molecular weight excluding hydrogens is 138 g/mol. The number of hydrogen-bond donors (Lipinski definition) is 1. The normalized spacial score (nSPS) is 20.3. The highest BCUT2D eigenvalue weighted by atomic mass is 15.2. The predicted molar refractivity (Wildman–Crippen MR) is 47.6 cm³/mol. The van der Waals surface area contributed by atoms with E-state index in [0.717, 1.165) is 25.9 Å². The van der Waals surface area contributed by atoms with Gasteiger partial charge >= 0.3 is 0 Å². The van der Waals surface area contributed by atoms with Crippen molar-refractivity contribution in [3.8, 4) is 0 Å². The van der Waals surface area contributed by atoms with Gasteiger partial charge in [0.2, 0.25) is 0 Å². The maximum Gasteiger partial charge on any atom is 0.0401 e. The van der Waals surface area contributed by atoms with E-state index in [1.54, 1.807) is 0 Å². The van der Waals surface area contributed by atoms with Gasteiger partial charge in [-0.1, -0.05) is 6.92 Å². The molecule has 1 aliphatic heterocycles. The Morgan fingerprint density at radius 3 is 2.55 bits per heavy atom. The monoisotopic (exact) mass is 155 g/mol. The molecule has 1 heterocycles. The quantitative estimate of drug-likeness (QED) is 0.473. The predicted octanol–water partition coefficient (Wildman–Crippen LogP) is 0.807. The molecule has 11 heavy (non-hydrogen) atoms. The topological polar surface area (TPSA) is 41.6 Å². The number of nitrogens with two attached hydrogens (primary N) is 1. The van der Waals surface area contributed by atoms with Crippen LogP contribution in [0, 0.1) is 0 Å². The van der Waals surface area contributed by atoms with Gasteiger partial charge in [0, 0.05) is 31.6 Å². The first-order valence-electron chi connectivity index (χ1n) is 4.34. The highest BCUT2D eigenvalue weighted by Crippen LogP contribution is 2.06. The van der Waals surface area contributed by atoms with Gasteiger partial charge in [0.1, 0.15) is 0 Å². The van der Waals surface area contributed by atoms with Crippen LogP contribution in [-0.2, 0) is 0 Å². The highest BCUT2D eigenvalue weighted by molar-refractivity contribution is 5.85. The van der Waals surface area contributed by atoms with Crippen LogP contribution < -0.4 is 5.84 Å². The summed E-state index contributed by atoms with van der Waals surface area (Å²) in [6.45, 7) is 5.72. The highest BCUT2D eigenvalue weighted by Gasteiger charge is 2.12. The Morgan fingerprint density at radius 1 is 1.45 bits per heavy atom. The number of rotatable bonds is 2. The summed E-state index contributed by atoms with van der Waals surface area (Å²) in [5.41, 5.74) is 1.18. The van der Waals surface area contributed by atoms with Gasteiger partial charge in [-0.2, -0.15) is 5.10 Å². The summed E-state index contributed by atoms with van der Waals surface area (Å²) < 4.78 is 0. The SMILES string of the molecule is CCCN1CCC(=NN)CC1. The summed E-state index contributed by atoms with van der Waals surface area (Å²) in [5, 5.41) is 3.73. The largest absolute Gasteiger partial charge is 0.323 e. The van der Waals surface area contributed by atoms with Crippen LogP contribution in [0.2, 0.25) is 0 Å². The first kappa shape index (κ1) is 8.53. The molecule has 0 aromatic heterocycles. The van der Waals surface area contributed by atoms with E-state index < -0.39 is 0 Å². The third-order valence-electron chi connectivity index (χ3n) is 2.16. The zero-order valence-electron chi connectivity index (χ0n) is 7.21. The van der Waals surface area contributed by atoms with E-state index in [-0.39, 0.29) is 0 Å². The van der Waals surface area contributed by atoms with Crippen LogP contribution in [-0.4, -0.2) is 30.2 Å². The second-order valence-corrected chi connectivity index (χ2v) is 3.04. The Labute approximate surface area is 68.3 Å². The number of nitrogens with zero attached hydrogens (tertiary/aromatic N) is 2. The van der Waals surface area contributed by atoms with E-state index >= 15 is 0 Å². The van der Waals surface area contributed by atoms with Gasteiger partial charge in [0.15, 0.2) is 0 Å². The van der Waals surface area contributed by atoms with Gasteiger partial charge in [-0.15, -0.1) is 0 Å². The summed E-state index contributed by atoms with van der Waals surface area (Å²) in [4.78, 5) is 2.47. The van der Waals surface area contributed by atoms with Crippen LogP contribution in [0.15, 0.2) is 5.10 Å². The fourth-order valence-electron chi connectivity index (χ4n) is 1.48. The van der Waals surface area contributed by atoms with Crippen molar-refractivity contribution in [2.24, 2.45) is 10.9 Å². The van der Waals surface area contributed by atoms with Crippen molar-refractivity contribution >= 4 is 5.71 Å². The lowest BCUT2D eigenvalue weighted by atomic mass is 10.1. The molecule has 1 rings (SSSR count). The van der Waals surface area contributed by atoms with E-state index in [2.05, 4.69) is 16.9 Å². The molecule has 0 saturated carbocycles. The van der Waals surface area contributed by atoms with Crippen LogP contribution in [0.4, 0.5) is 0 Å². The first-order valence-corrected chi connectivity index (χ1v) is 4.34.